The summed E-state index contributed by atoms with van der Waals surface area (Å²) in [5.74, 6) is -0.437. The average Bonchev–Trinajstić information content (AvgIpc) is 2.91. The highest BCUT2D eigenvalue weighted by Crippen LogP contribution is 2.41. The van der Waals surface area contributed by atoms with E-state index in [1.54, 1.807) is 35.2 Å². The lowest BCUT2D eigenvalue weighted by Gasteiger charge is -2.24. The summed E-state index contributed by atoms with van der Waals surface area (Å²) in [5.41, 5.74) is 0.731. The Labute approximate surface area is 143 Å². The molecule has 0 N–H and O–H groups in total. The van der Waals surface area contributed by atoms with Gasteiger partial charge in [-0.05, 0) is 24.3 Å². The Morgan fingerprint density at radius 1 is 1.39 bits per heavy atom. The minimum absolute atomic E-state index is 0.0265. The maximum atomic E-state index is 11.9. The number of hydrogen-bond donors (Lipinski definition) is 0. The van der Waals surface area contributed by atoms with Crippen molar-refractivity contribution in [1.29, 1.82) is 5.26 Å². The summed E-state index contributed by atoms with van der Waals surface area (Å²) in [5, 5.41) is 9.44. The SMILES string of the molecule is N#CCC(=O)N=C1S[C@H]2CS(=O)(=O)C[C@@H]2N1c1ccc(Cl)cc1. The van der Waals surface area contributed by atoms with E-state index in [-0.39, 0.29) is 29.2 Å². The van der Waals surface area contributed by atoms with Crippen LogP contribution in [0.4, 0.5) is 5.69 Å². The molecule has 0 aromatic heterocycles. The van der Waals surface area contributed by atoms with E-state index in [0.717, 1.165) is 5.69 Å². The highest BCUT2D eigenvalue weighted by Gasteiger charge is 2.49. The van der Waals surface area contributed by atoms with Crippen molar-refractivity contribution in [3.63, 3.8) is 0 Å². The summed E-state index contributed by atoms with van der Waals surface area (Å²) in [6, 6.07) is 8.44. The van der Waals surface area contributed by atoms with E-state index in [2.05, 4.69) is 4.99 Å². The number of nitrogens with zero attached hydrogens (tertiary/aromatic N) is 3. The molecule has 120 valence electrons. The standard InChI is InChI=1S/C14H12ClN3O3S2/c15-9-1-3-10(4-2-9)18-11-7-23(20,21)8-12(11)22-14(18)17-13(19)5-6-16/h1-4,11-12H,5,7-8H2/t11-,12-/m0/s1. The fraction of sp³-hybridized carbons (Fsp3) is 0.357. The van der Waals surface area contributed by atoms with Crippen molar-refractivity contribution in [2.75, 3.05) is 16.4 Å². The zero-order chi connectivity index (χ0) is 16.6. The van der Waals surface area contributed by atoms with Crippen LogP contribution in [0.25, 0.3) is 0 Å². The Morgan fingerprint density at radius 3 is 2.74 bits per heavy atom. The fourth-order valence-electron chi connectivity index (χ4n) is 2.68. The molecule has 1 aromatic rings. The molecule has 1 amide bonds. The van der Waals surface area contributed by atoms with E-state index < -0.39 is 15.7 Å². The monoisotopic (exact) mass is 369 g/mol. The number of anilines is 1. The summed E-state index contributed by atoms with van der Waals surface area (Å²) < 4.78 is 23.8. The van der Waals surface area contributed by atoms with Gasteiger partial charge in [0.1, 0.15) is 6.42 Å². The zero-order valence-corrected chi connectivity index (χ0v) is 14.2. The van der Waals surface area contributed by atoms with Crippen molar-refractivity contribution in [2.45, 2.75) is 17.7 Å². The number of carbonyl (C=O) groups is 1. The molecule has 0 saturated carbocycles. The number of hydrogen-bond acceptors (Lipinski definition) is 5. The number of fused-ring (bicyclic) bond motifs is 1. The molecule has 0 aliphatic carbocycles. The minimum atomic E-state index is -3.10. The van der Waals surface area contributed by atoms with Gasteiger partial charge in [-0.1, -0.05) is 23.4 Å². The van der Waals surface area contributed by atoms with Gasteiger partial charge >= 0.3 is 0 Å². The lowest BCUT2D eigenvalue weighted by molar-refractivity contribution is -0.116. The zero-order valence-electron chi connectivity index (χ0n) is 11.8. The lowest BCUT2D eigenvalue weighted by atomic mass is 10.2. The molecule has 2 atom stereocenters. The molecule has 0 spiro atoms. The first-order valence-corrected chi connectivity index (χ1v) is 9.88. The molecule has 9 heteroatoms. The first-order chi connectivity index (χ1) is 10.9. The fourth-order valence-corrected chi connectivity index (χ4v) is 6.74. The van der Waals surface area contributed by atoms with E-state index in [0.29, 0.717) is 10.2 Å². The normalized spacial score (nSPS) is 27.0. The number of aliphatic imine (C=N–C) groups is 1. The largest absolute Gasteiger partial charge is 0.316 e. The molecule has 2 aliphatic rings. The van der Waals surface area contributed by atoms with Gasteiger partial charge in [0, 0.05) is 16.0 Å². The number of halogens is 1. The lowest BCUT2D eigenvalue weighted by Crippen LogP contribution is -2.37. The summed E-state index contributed by atoms with van der Waals surface area (Å²) in [7, 11) is -3.10. The average molecular weight is 370 g/mol. The van der Waals surface area contributed by atoms with Gasteiger partial charge in [0.25, 0.3) is 5.91 Å². The first kappa shape index (κ1) is 16.3. The summed E-state index contributed by atoms with van der Waals surface area (Å²) in [6.45, 7) is 0. The summed E-state index contributed by atoms with van der Waals surface area (Å²) in [6.07, 6.45) is -0.299. The van der Waals surface area contributed by atoms with Crippen molar-refractivity contribution in [1.82, 2.24) is 0 Å². The van der Waals surface area contributed by atoms with Crippen molar-refractivity contribution in [3.8, 4) is 6.07 Å². The Hall–Kier alpha value is -1.56. The second-order valence-corrected chi connectivity index (χ2v) is 9.07. The van der Waals surface area contributed by atoms with Crippen molar-refractivity contribution in [2.24, 2.45) is 4.99 Å². The van der Waals surface area contributed by atoms with E-state index in [9.17, 15) is 13.2 Å². The Bertz CT molecular complexity index is 815. The van der Waals surface area contributed by atoms with Crippen LogP contribution in [0.1, 0.15) is 6.42 Å². The molecule has 0 bridgehead atoms. The highest BCUT2D eigenvalue weighted by molar-refractivity contribution is 8.16. The molecule has 0 radical (unpaired) electrons. The Balaban J connectivity index is 1.99. The molecule has 1 aromatic carbocycles. The Morgan fingerprint density at radius 2 is 2.09 bits per heavy atom. The van der Waals surface area contributed by atoms with Crippen LogP contribution in [0.3, 0.4) is 0 Å². The van der Waals surface area contributed by atoms with Crippen LogP contribution in [0.5, 0.6) is 0 Å². The molecule has 0 unspecified atom stereocenters. The topological polar surface area (TPSA) is 90.6 Å². The molecule has 6 nitrogen and oxygen atoms in total. The van der Waals surface area contributed by atoms with Gasteiger partial charge in [-0.15, -0.1) is 0 Å². The molecular formula is C14H12ClN3O3S2. The smallest absolute Gasteiger partial charge is 0.262 e. The predicted octanol–water partition coefficient (Wildman–Crippen LogP) is 1.86. The molecule has 2 saturated heterocycles. The summed E-state index contributed by atoms with van der Waals surface area (Å²) in [4.78, 5) is 17.4. The molecule has 23 heavy (non-hydrogen) atoms. The van der Waals surface area contributed by atoms with E-state index in [1.807, 2.05) is 0 Å². The number of nitriles is 1. The minimum Gasteiger partial charge on any atom is -0.316 e. The number of carbonyl (C=O) groups excluding carboxylic acids is 1. The van der Waals surface area contributed by atoms with E-state index in [1.165, 1.54) is 11.8 Å². The quantitative estimate of drug-likeness (QED) is 0.790. The number of rotatable bonds is 2. The number of benzene rings is 1. The van der Waals surface area contributed by atoms with Gasteiger partial charge in [-0.2, -0.15) is 10.3 Å². The third-order valence-corrected chi connectivity index (χ3v) is 7.08. The van der Waals surface area contributed by atoms with Crippen molar-refractivity contribution >= 4 is 50.0 Å². The van der Waals surface area contributed by atoms with Gasteiger partial charge < -0.3 is 4.90 Å². The molecule has 2 fully saturated rings. The van der Waals surface area contributed by atoms with Crippen molar-refractivity contribution in [3.05, 3.63) is 29.3 Å². The van der Waals surface area contributed by atoms with Crippen LogP contribution in [0.2, 0.25) is 5.02 Å². The maximum absolute atomic E-state index is 11.9. The van der Waals surface area contributed by atoms with Crippen LogP contribution >= 0.6 is 23.4 Å². The Kier molecular flexibility index (Phi) is 4.36. The van der Waals surface area contributed by atoms with Gasteiger partial charge in [0.15, 0.2) is 15.0 Å². The second kappa shape index (κ2) is 6.15. The third-order valence-electron chi connectivity index (χ3n) is 3.62. The molecule has 2 aliphatic heterocycles. The maximum Gasteiger partial charge on any atom is 0.262 e. The predicted molar refractivity (Wildman–Crippen MR) is 90.4 cm³/mol. The van der Waals surface area contributed by atoms with E-state index >= 15 is 0 Å². The van der Waals surface area contributed by atoms with Crippen LogP contribution in [-0.4, -0.2) is 42.3 Å². The molecule has 2 heterocycles. The van der Waals surface area contributed by atoms with Crippen LogP contribution in [0, 0.1) is 11.3 Å². The van der Waals surface area contributed by atoms with Gasteiger partial charge in [0.2, 0.25) is 0 Å². The highest BCUT2D eigenvalue weighted by atomic mass is 35.5. The third kappa shape index (κ3) is 3.37. The summed E-state index contributed by atoms with van der Waals surface area (Å²) >= 11 is 7.18. The van der Waals surface area contributed by atoms with Crippen LogP contribution < -0.4 is 4.90 Å². The number of sulfone groups is 1. The van der Waals surface area contributed by atoms with Crippen LogP contribution in [0.15, 0.2) is 29.3 Å². The van der Waals surface area contributed by atoms with Crippen molar-refractivity contribution < 1.29 is 13.2 Å². The first-order valence-electron chi connectivity index (χ1n) is 6.80. The number of thioether (sulfide) groups is 1. The number of amides is 1. The molecular weight excluding hydrogens is 358 g/mol. The van der Waals surface area contributed by atoms with Gasteiger partial charge in [-0.3, -0.25) is 4.79 Å². The van der Waals surface area contributed by atoms with Crippen LogP contribution in [-0.2, 0) is 14.6 Å². The van der Waals surface area contributed by atoms with E-state index in [4.69, 9.17) is 16.9 Å². The molecule has 3 rings (SSSR count). The number of amidine groups is 1. The second-order valence-electron chi connectivity index (χ2n) is 5.27. The van der Waals surface area contributed by atoms with Gasteiger partial charge in [-0.25, -0.2) is 8.42 Å². The van der Waals surface area contributed by atoms with Gasteiger partial charge in [0.05, 0.1) is 23.6 Å².